The van der Waals surface area contributed by atoms with Gasteiger partial charge in [0, 0.05) is 19.1 Å². The minimum absolute atomic E-state index is 0.549. The van der Waals surface area contributed by atoms with Gasteiger partial charge in [-0.3, -0.25) is 0 Å². The lowest BCUT2D eigenvalue weighted by Gasteiger charge is -2.31. The third-order valence-corrected chi connectivity index (χ3v) is 3.78. The van der Waals surface area contributed by atoms with Crippen LogP contribution in [0.1, 0.15) is 25.5 Å². The van der Waals surface area contributed by atoms with Crippen LogP contribution in [-0.2, 0) is 0 Å². The normalized spacial score (nSPS) is 21.9. The topological polar surface area (TPSA) is 45.4 Å². The van der Waals surface area contributed by atoms with Crippen LogP contribution in [0.4, 0.5) is 11.5 Å². The van der Waals surface area contributed by atoms with E-state index in [-0.39, 0.29) is 0 Å². The first kappa shape index (κ1) is 13.1. The second-order valence-corrected chi connectivity index (χ2v) is 5.22. The third-order valence-electron chi connectivity index (χ3n) is 3.78. The van der Waals surface area contributed by atoms with E-state index >= 15 is 0 Å². The van der Waals surface area contributed by atoms with E-state index in [0.717, 1.165) is 36.7 Å². The highest BCUT2D eigenvalue weighted by Crippen LogP contribution is 2.22. The van der Waals surface area contributed by atoms with Crippen LogP contribution in [0.3, 0.4) is 0 Å². The molecular formula is C14H24N4. The molecule has 0 aromatic carbocycles. The Morgan fingerprint density at radius 1 is 1.39 bits per heavy atom. The molecule has 2 heterocycles. The van der Waals surface area contributed by atoms with Crippen molar-refractivity contribution in [1.29, 1.82) is 0 Å². The molecule has 0 radical (unpaired) electrons. The van der Waals surface area contributed by atoms with Gasteiger partial charge in [-0.25, -0.2) is 4.98 Å². The van der Waals surface area contributed by atoms with Gasteiger partial charge in [0.05, 0.1) is 11.4 Å². The summed E-state index contributed by atoms with van der Waals surface area (Å²) in [4.78, 5) is 9.50. The molecule has 1 fully saturated rings. The molecule has 0 spiro atoms. The summed E-state index contributed by atoms with van der Waals surface area (Å²) in [5.41, 5.74) is 7.56. The average molecular weight is 248 g/mol. The Bertz CT molecular complexity index is 405. The van der Waals surface area contributed by atoms with Crippen LogP contribution in [0, 0.1) is 6.92 Å². The molecule has 4 heteroatoms. The van der Waals surface area contributed by atoms with Gasteiger partial charge in [-0.05, 0) is 45.5 Å². The molecule has 2 rings (SSSR count). The Kier molecular flexibility index (Phi) is 4.07. The Labute approximate surface area is 110 Å². The molecule has 1 aromatic rings. The second-order valence-electron chi connectivity index (χ2n) is 5.22. The number of nitrogens with zero attached hydrogens (tertiary/aromatic N) is 3. The van der Waals surface area contributed by atoms with E-state index in [9.17, 15) is 0 Å². The molecule has 1 aliphatic heterocycles. The molecule has 1 aromatic heterocycles. The van der Waals surface area contributed by atoms with Gasteiger partial charge in [0.2, 0.25) is 0 Å². The highest BCUT2D eigenvalue weighted by molar-refractivity contribution is 5.51. The fourth-order valence-corrected chi connectivity index (χ4v) is 2.61. The number of pyridine rings is 1. The molecule has 18 heavy (non-hydrogen) atoms. The van der Waals surface area contributed by atoms with E-state index < -0.39 is 0 Å². The van der Waals surface area contributed by atoms with E-state index in [1.807, 2.05) is 13.0 Å². The maximum Gasteiger partial charge on any atom is 0.129 e. The number of nitrogen functional groups attached to an aromatic ring is 1. The summed E-state index contributed by atoms with van der Waals surface area (Å²) >= 11 is 0. The smallest absolute Gasteiger partial charge is 0.129 e. The minimum atomic E-state index is 0.549. The maximum atomic E-state index is 5.85. The van der Waals surface area contributed by atoms with Gasteiger partial charge in [-0.2, -0.15) is 0 Å². The average Bonchev–Trinajstić information content (AvgIpc) is 2.54. The van der Waals surface area contributed by atoms with Crippen LogP contribution in [0.15, 0.2) is 12.1 Å². The van der Waals surface area contributed by atoms with E-state index in [1.165, 1.54) is 13.0 Å². The molecule has 0 saturated carbocycles. The summed E-state index contributed by atoms with van der Waals surface area (Å²) in [6.45, 7) is 7.59. The number of aromatic nitrogens is 1. The van der Waals surface area contributed by atoms with Crippen molar-refractivity contribution in [2.45, 2.75) is 32.7 Å². The summed E-state index contributed by atoms with van der Waals surface area (Å²) < 4.78 is 0. The largest absolute Gasteiger partial charge is 0.397 e. The predicted molar refractivity (Wildman–Crippen MR) is 76.9 cm³/mol. The molecular weight excluding hydrogens is 224 g/mol. The Morgan fingerprint density at radius 2 is 2.17 bits per heavy atom. The first-order valence-corrected chi connectivity index (χ1v) is 6.80. The number of hydrogen-bond donors (Lipinski definition) is 1. The van der Waals surface area contributed by atoms with E-state index in [4.69, 9.17) is 5.73 Å². The summed E-state index contributed by atoms with van der Waals surface area (Å²) in [5.74, 6) is 1.07. The van der Waals surface area contributed by atoms with Gasteiger partial charge in [-0.1, -0.05) is 6.92 Å². The first-order chi connectivity index (χ1) is 8.61. The van der Waals surface area contributed by atoms with Crippen molar-refractivity contribution < 1.29 is 0 Å². The van der Waals surface area contributed by atoms with Gasteiger partial charge in [-0.15, -0.1) is 0 Å². The van der Waals surface area contributed by atoms with Crippen LogP contribution < -0.4 is 10.6 Å². The highest BCUT2D eigenvalue weighted by atomic mass is 15.3. The fourth-order valence-electron chi connectivity index (χ4n) is 2.61. The number of likely N-dealkylation sites (N-methyl/N-ethyl adjacent to an activating group) is 1. The lowest BCUT2D eigenvalue weighted by atomic mass is 10.2. The van der Waals surface area contributed by atoms with Crippen molar-refractivity contribution in [1.82, 2.24) is 9.88 Å². The highest BCUT2D eigenvalue weighted by Gasteiger charge is 2.23. The van der Waals surface area contributed by atoms with E-state index in [2.05, 4.69) is 34.8 Å². The van der Waals surface area contributed by atoms with Crippen molar-refractivity contribution in [3.63, 3.8) is 0 Å². The van der Waals surface area contributed by atoms with Gasteiger partial charge >= 0.3 is 0 Å². The van der Waals surface area contributed by atoms with Crippen LogP contribution >= 0.6 is 0 Å². The Morgan fingerprint density at radius 3 is 2.83 bits per heavy atom. The lowest BCUT2D eigenvalue weighted by Crippen LogP contribution is -2.40. The molecule has 1 unspecified atom stereocenters. The fraction of sp³-hybridized carbons (Fsp3) is 0.643. The molecule has 0 amide bonds. The number of rotatable bonds is 2. The predicted octanol–water partition coefficient (Wildman–Crippen LogP) is 1.89. The first-order valence-electron chi connectivity index (χ1n) is 6.80. The summed E-state index contributed by atoms with van der Waals surface area (Å²) in [6.07, 6.45) is 2.34. The van der Waals surface area contributed by atoms with Crippen LogP contribution in [0.5, 0.6) is 0 Å². The molecule has 0 aliphatic carbocycles. The maximum absolute atomic E-state index is 5.85. The van der Waals surface area contributed by atoms with Crippen molar-refractivity contribution >= 4 is 11.5 Å². The zero-order valence-corrected chi connectivity index (χ0v) is 11.7. The standard InChI is InChI=1S/C14H24N4/c1-4-12-10-17(3)8-5-9-18(12)14-7-6-13(15)11(2)16-14/h6-7,12H,4-5,8-10,15H2,1-3H3. The van der Waals surface area contributed by atoms with Crippen LogP contribution in [0.25, 0.3) is 0 Å². The summed E-state index contributed by atoms with van der Waals surface area (Å²) in [5, 5.41) is 0. The Hall–Kier alpha value is -1.29. The van der Waals surface area contributed by atoms with Gasteiger partial charge in [0.25, 0.3) is 0 Å². The van der Waals surface area contributed by atoms with Gasteiger partial charge in [0.15, 0.2) is 0 Å². The monoisotopic (exact) mass is 248 g/mol. The lowest BCUT2D eigenvalue weighted by molar-refractivity contribution is 0.327. The molecule has 4 nitrogen and oxygen atoms in total. The molecule has 100 valence electrons. The summed E-state index contributed by atoms with van der Waals surface area (Å²) in [7, 11) is 2.20. The van der Waals surface area contributed by atoms with Crippen molar-refractivity contribution in [2.75, 3.05) is 37.3 Å². The van der Waals surface area contributed by atoms with Crippen molar-refractivity contribution in [3.05, 3.63) is 17.8 Å². The van der Waals surface area contributed by atoms with E-state index in [0.29, 0.717) is 6.04 Å². The Balaban J connectivity index is 2.25. The third kappa shape index (κ3) is 2.75. The van der Waals surface area contributed by atoms with E-state index in [1.54, 1.807) is 0 Å². The SMILES string of the molecule is CCC1CN(C)CCCN1c1ccc(N)c(C)n1. The molecule has 1 aliphatic rings. The molecule has 1 saturated heterocycles. The van der Waals surface area contributed by atoms with Crippen LogP contribution in [-0.4, -0.2) is 42.6 Å². The van der Waals surface area contributed by atoms with Crippen LogP contribution in [0.2, 0.25) is 0 Å². The number of anilines is 2. The van der Waals surface area contributed by atoms with Crippen molar-refractivity contribution in [2.24, 2.45) is 0 Å². The van der Waals surface area contributed by atoms with Crippen molar-refractivity contribution in [3.8, 4) is 0 Å². The molecule has 0 bridgehead atoms. The molecule has 1 atom stereocenters. The minimum Gasteiger partial charge on any atom is -0.397 e. The number of aryl methyl sites for hydroxylation is 1. The summed E-state index contributed by atoms with van der Waals surface area (Å²) in [6, 6.07) is 4.57. The molecule has 2 N–H and O–H groups in total. The second kappa shape index (κ2) is 5.57. The zero-order chi connectivity index (χ0) is 13.1. The quantitative estimate of drug-likeness (QED) is 0.868. The van der Waals surface area contributed by atoms with Gasteiger partial charge in [0.1, 0.15) is 5.82 Å². The number of nitrogens with two attached hydrogens (primary N) is 1. The number of hydrogen-bond acceptors (Lipinski definition) is 4. The zero-order valence-electron chi connectivity index (χ0n) is 11.7. The van der Waals surface area contributed by atoms with Gasteiger partial charge < -0.3 is 15.5 Å².